The lowest BCUT2D eigenvalue weighted by Gasteiger charge is -2.10. The van der Waals surface area contributed by atoms with Crippen molar-refractivity contribution >= 4 is 12.0 Å². The summed E-state index contributed by atoms with van der Waals surface area (Å²) in [5.41, 5.74) is 4.92. The van der Waals surface area contributed by atoms with Gasteiger partial charge in [0.25, 0.3) is 5.91 Å². The predicted octanol–water partition coefficient (Wildman–Crippen LogP) is 0.777. The Kier molecular flexibility index (Phi) is 6.53. The molecule has 0 heterocycles. The van der Waals surface area contributed by atoms with Crippen molar-refractivity contribution in [1.82, 2.24) is 5.32 Å². The third-order valence-corrected chi connectivity index (χ3v) is 1.73. The number of hydrogen-bond donors (Lipinski definition) is 2. The van der Waals surface area contributed by atoms with E-state index in [4.69, 9.17) is 5.73 Å². The zero-order chi connectivity index (χ0) is 11.0. The summed E-state index contributed by atoms with van der Waals surface area (Å²) in [6.07, 6.45) is 1.60. The Bertz CT molecular complexity index is 194. The average Bonchev–Trinajstić information content (AvgIpc) is 2.12. The second-order valence-electron chi connectivity index (χ2n) is 3.08. The third kappa shape index (κ3) is 6.28. The number of carbonyl (C=O) groups excluding carboxylic acids is 2. The number of hydrogen-bond acceptors (Lipinski definition) is 3. The number of rotatable bonds is 6. The first-order valence-corrected chi connectivity index (χ1v) is 4.81. The zero-order valence-corrected chi connectivity index (χ0v) is 8.71. The number of nitrogens with two attached hydrogens (primary N) is 1. The molecule has 0 saturated heterocycles. The second-order valence-corrected chi connectivity index (χ2v) is 3.08. The van der Waals surface area contributed by atoms with E-state index in [-0.39, 0.29) is 0 Å². The van der Waals surface area contributed by atoms with Crippen LogP contribution in [-0.2, 0) is 9.53 Å². The Morgan fingerprint density at radius 3 is 2.57 bits per heavy atom. The molecule has 0 aromatic heterocycles. The fourth-order valence-electron chi connectivity index (χ4n) is 0.826. The first-order valence-electron chi connectivity index (χ1n) is 4.81. The molecule has 0 spiro atoms. The number of primary amides is 1. The summed E-state index contributed by atoms with van der Waals surface area (Å²) in [6.45, 7) is 4.08. The Labute approximate surface area is 84.0 Å². The quantitative estimate of drug-likeness (QED) is 0.624. The maximum atomic E-state index is 11.0. The van der Waals surface area contributed by atoms with Gasteiger partial charge >= 0.3 is 6.09 Å². The van der Waals surface area contributed by atoms with Crippen molar-refractivity contribution in [3.05, 3.63) is 0 Å². The van der Waals surface area contributed by atoms with Crippen molar-refractivity contribution in [2.45, 2.75) is 39.2 Å². The van der Waals surface area contributed by atoms with Gasteiger partial charge in [0.1, 0.15) is 0 Å². The number of alkyl carbamates (subject to hydrolysis) is 1. The molecule has 0 rings (SSSR count). The molecule has 2 amide bonds. The average molecular weight is 202 g/mol. The normalized spacial score (nSPS) is 11.9. The Morgan fingerprint density at radius 2 is 2.07 bits per heavy atom. The second kappa shape index (κ2) is 7.17. The van der Waals surface area contributed by atoms with Crippen LogP contribution < -0.4 is 11.1 Å². The number of ether oxygens (including phenoxy) is 1. The summed E-state index contributed by atoms with van der Waals surface area (Å²) in [5.74, 6) is -0.645. The molecule has 0 bridgehead atoms. The van der Waals surface area contributed by atoms with Crippen LogP contribution in [0.4, 0.5) is 4.79 Å². The Morgan fingerprint density at radius 1 is 1.43 bits per heavy atom. The van der Waals surface area contributed by atoms with Gasteiger partial charge in [0, 0.05) is 6.54 Å². The van der Waals surface area contributed by atoms with Gasteiger partial charge in [0.05, 0.1) is 0 Å². The van der Waals surface area contributed by atoms with Gasteiger partial charge in [0.2, 0.25) is 0 Å². The summed E-state index contributed by atoms with van der Waals surface area (Å²) in [6, 6.07) is 0. The van der Waals surface area contributed by atoms with E-state index in [1.165, 1.54) is 6.92 Å². The predicted molar refractivity (Wildman–Crippen MR) is 52.7 cm³/mol. The number of carbonyl (C=O) groups is 2. The van der Waals surface area contributed by atoms with Crippen LogP contribution in [0.5, 0.6) is 0 Å². The van der Waals surface area contributed by atoms with Gasteiger partial charge in [-0.2, -0.15) is 0 Å². The van der Waals surface area contributed by atoms with Gasteiger partial charge in [-0.15, -0.1) is 0 Å². The van der Waals surface area contributed by atoms with E-state index in [9.17, 15) is 9.59 Å². The molecule has 0 aromatic rings. The fraction of sp³-hybridized carbons (Fsp3) is 0.778. The molecule has 0 aliphatic carbocycles. The van der Waals surface area contributed by atoms with Crippen LogP contribution in [0.1, 0.15) is 33.1 Å². The van der Waals surface area contributed by atoms with Crippen LogP contribution in [-0.4, -0.2) is 24.6 Å². The molecule has 0 aliphatic rings. The molecule has 0 fully saturated rings. The molecule has 5 heteroatoms. The van der Waals surface area contributed by atoms with Crippen molar-refractivity contribution in [2.75, 3.05) is 6.54 Å². The summed E-state index contributed by atoms with van der Waals surface area (Å²) >= 11 is 0. The van der Waals surface area contributed by atoms with E-state index in [2.05, 4.69) is 17.0 Å². The highest BCUT2D eigenvalue weighted by atomic mass is 16.6. The van der Waals surface area contributed by atoms with Crippen LogP contribution in [0.15, 0.2) is 0 Å². The molecule has 14 heavy (non-hydrogen) atoms. The largest absolute Gasteiger partial charge is 0.436 e. The molecular weight excluding hydrogens is 184 g/mol. The van der Waals surface area contributed by atoms with Crippen LogP contribution in [0, 0.1) is 0 Å². The monoisotopic (exact) mass is 202 g/mol. The first-order chi connectivity index (χ1) is 6.57. The SMILES string of the molecule is CCCCCNC(=O)O[C@@H](C)C(N)=O. The van der Waals surface area contributed by atoms with Gasteiger partial charge in [-0.05, 0) is 13.3 Å². The minimum atomic E-state index is -0.874. The molecule has 0 aromatic carbocycles. The van der Waals surface area contributed by atoms with E-state index in [0.717, 1.165) is 19.3 Å². The van der Waals surface area contributed by atoms with Crippen LogP contribution in [0.25, 0.3) is 0 Å². The maximum absolute atomic E-state index is 11.0. The molecule has 82 valence electrons. The molecular formula is C9H18N2O3. The zero-order valence-electron chi connectivity index (χ0n) is 8.71. The highest BCUT2D eigenvalue weighted by molar-refractivity contribution is 5.81. The molecule has 3 N–H and O–H groups in total. The Balaban J connectivity index is 3.50. The number of nitrogens with one attached hydrogen (secondary N) is 1. The third-order valence-electron chi connectivity index (χ3n) is 1.73. The van der Waals surface area contributed by atoms with E-state index in [0.29, 0.717) is 6.54 Å². The van der Waals surface area contributed by atoms with Gasteiger partial charge in [-0.1, -0.05) is 19.8 Å². The lowest BCUT2D eigenvalue weighted by atomic mass is 10.2. The van der Waals surface area contributed by atoms with Crippen LogP contribution >= 0.6 is 0 Å². The smallest absolute Gasteiger partial charge is 0.407 e. The van der Waals surface area contributed by atoms with Crippen LogP contribution in [0.2, 0.25) is 0 Å². The van der Waals surface area contributed by atoms with E-state index >= 15 is 0 Å². The molecule has 0 saturated carbocycles. The van der Waals surface area contributed by atoms with Gasteiger partial charge in [0.15, 0.2) is 6.10 Å². The van der Waals surface area contributed by atoms with Crippen molar-refractivity contribution in [1.29, 1.82) is 0 Å². The standard InChI is InChI=1S/C9H18N2O3/c1-3-4-5-6-11-9(13)14-7(2)8(10)12/h7H,3-6H2,1-2H3,(H2,10,12)(H,11,13)/t7-/m0/s1. The van der Waals surface area contributed by atoms with E-state index < -0.39 is 18.1 Å². The van der Waals surface area contributed by atoms with Crippen molar-refractivity contribution < 1.29 is 14.3 Å². The summed E-state index contributed by atoms with van der Waals surface area (Å²) in [7, 11) is 0. The highest BCUT2D eigenvalue weighted by Crippen LogP contribution is 1.93. The lowest BCUT2D eigenvalue weighted by molar-refractivity contribution is -0.125. The maximum Gasteiger partial charge on any atom is 0.407 e. The van der Waals surface area contributed by atoms with Gasteiger partial charge < -0.3 is 15.8 Å². The molecule has 0 radical (unpaired) electrons. The lowest BCUT2D eigenvalue weighted by Crippen LogP contribution is -2.35. The minimum absolute atomic E-state index is 0.568. The number of unbranched alkanes of at least 4 members (excludes halogenated alkanes) is 2. The van der Waals surface area contributed by atoms with E-state index in [1.54, 1.807) is 0 Å². The highest BCUT2D eigenvalue weighted by Gasteiger charge is 2.13. The van der Waals surface area contributed by atoms with Crippen LogP contribution in [0.3, 0.4) is 0 Å². The first kappa shape index (κ1) is 12.7. The molecule has 0 unspecified atom stereocenters. The van der Waals surface area contributed by atoms with Gasteiger partial charge in [-0.25, -0.2) is 4.79 Å². The van der Waals surface area contributed by atoms with Gasteiger partial charge in [-0.3, -0.25) is 4.79 Å². The molecule has 5 nitrogen and oxygen atoms in total. The fourth-order valence-corrected chi connectivity index (χ4v) is 0.826. The minimum Gasteiger partial charge on any atom is -0.436 e. The van der Waals surface area contributed by atoms with Crippen molar-refractivity contribution in [3.63, 3.8) is 0 Å². The molecule has 1 atom stereocenters. The molecule has 0 aliphatic heterocycles. The van der Waals surface area contributed by atoms with Crippen molar-refractivity contribution in [2.24, 2.45) is 5.73 Å². The number of amides is 2. The topological polar surface area (TPSA) is 81.4 Å². The summed E-state index contributed by atoms with van der Waals surface area (Å²) < 4.78 is 4.67. The summed E-state index contributed by atoms with van der Waals surface area (Å²) in [5, 5.41) is 2.53. The van der Waals surface area contributed by atoms with Crippen molar-refractivity contribution in [3.8, 4) is 0 Å². The summed E-state index contributed by atoms with van der Waals surface area (Å²) in [4.78, 5) is 21.5. The Hall–Kier alpha value is -1.26. The van der Waals surface area contributed by atoms with E-state index in [1.807, 2.05) is 0 Å².